The number of piperidine rings is 1. The van der Waals surface area contributed by atoms with E-state index >= 15 is 0 Å². The summed E-state index contributed by atoms with van der Waals surface area (Å²) < 4.78 is 5.55. The maximum atomic E-state index is 12.2. The minimum atomic E-state index is -0.395. The monoisotopic (exact) mass is 334 g/mol. The fourth-order valence-corrected chi connectivity index (χ4v) is 3.12. The molecule has 0 radical (unpaired) electrons. The Hall–Kier alpha value is -1.59. The number of aliphatic hydroxyl groups is 1. The van der Waals surface area contributed by atoms with E-state index in [4.69, 9.17) is 4.74 Å². The topological polar surface area (TPSA) is 61.8 Å². The molecule has 1 saturated heterocycles. The van der Waals surface area contributed by atoms with Gasteiger partial charge in [-0.2, -0.15) is 0 Å². The molecule has 2 atom stereocenters. The Kier molecular flexibility index (Phi) is 7.53. The van der Waals surface area contributed by atoms with Gasteiger partial charge >= 0.3 is 0 Å². The molecular formula is C19H30N2O3. The molecule has 0 spiro atoms. The molecule has 1 aromatic carbocycles. The number of aliphatic hydroxyl groups excluding tert-OH is 1. The Morgan fingerprint density at radius 3 is 2.79 bits per heavy atom. The van der Waals surface area contributed by atoms with E-state index in [1.807, 2.05) is 31.2 Å². The van der Waals surface area contributed by atoms with E-state index in [1.165, 1.54) is 0 Å². The number of amides is 1. The molecule has 5 nitrogen and oxygen atoms in total. The molecule has 134 valence electrons. The number of nitrogens with zero attached hydrogens (tertiary/aromatic N) is 1. The number of ether oxygens (including phenoxy) is 1. The van der Waals surface area contributed by atoms with E-state index in [2.05, 4.69) is 17.1 Å². The smallest absolute Gasteiger partial charge is 0.234 e. The molecule has 0 saturated carbocycles. The van der Waals surface area contributed by atoms with Crippen LogP contribution in [0.4, 0.5) is 0 Å². The van der Waals surface area contributed by atoms with Gasteiger partial charge in [0, 0.05) is 12.6 Å². The highest BCUT2D eigenvalue weighted by Crippen LogP contribution is 2.19. The molecule has 1 aliphatic heterocycles. The van der Waals surface area contributed by atoms with Gasteiger partial charge in [-0.25, -0.2) is 0 Å². The summed E-state index contributed by atoms with van der Waals surface area (Å²) >= 11 is 0. The second-order valence-corrected chi connectivity index (χ2v) is 6.54. The molecule has 24 heavy (non-hydrogen) atoms. The summed E-state index contributed by atoms with van der Waals surface area (Å²) in [5.74, 6) is 0.869. The first-order chi connectivity index (χ1) is 11.6. The van der Waals surface area contributed by atoms with Crippen molar-refractivity contribution in [3.63, 3.8) is 0 Å². The molecule has 1 aliphatic rings. The maximum absolute atomic E-state index is 12.2. The van der Waals surface area contributed by atoms with Gasteiger partial charge in [0.1, 0.15) is 5.75 Å². The first kappa shape index (κ1) is 18.7. The largest absolute Gasteiger partial charge is 0.494 e. The summed E-state index contributed by atoms with van der Waals surface area (Å²) in [4.78, 5) is 14.3. The Morgan fingerprint density at radius 1 is 1.38 bits per heavy atom. The number of carbonyl (C=O) groups is 1. The second-order valence-electron chi connectivity index (χ2n) is 6.54. The van der Waals surface area contributed by atoms with Crippen LogP contribution >= 0.6 is 0 Å². The Morgan fingerprint density at radius 2 is 2.12 bits per heavy atom. The zero-order chi connectivity index (χ0) is 17.4. The predicted octanol–water partition coefficient (Wildman–Crippen LogP) is 2.33. The van der Waals surface area contributed by atoms with Crippen LogP contribution in [-0.2, 0) is 11.3 Å². The second kappa shape index (κ2) is 9.64. The fourth-order valence-electron chi connectivity index (χ4n) is 3.12. The summed E-state index contributed by atoms with van der Waals surface area (Å²) in [6.45, 7) is 6.35. The summed E-state index contributed by atoms with van der Waals surface area (Å²) in [5.41, 5.74) is 1.05. The van der Waals surface area contributed by atoms with Crippen molar-refractivity contribution in [1.82, 2.24) is 10.2 Å². The lowest BCUT2D eigenvalue weighted by atomic mass is 9.98. The van der Waals surface area contributed by atoms with Gasteiger partial charge in [0.2, 0.25) is 5.91 Å². The SMILES string of the molecule is CCCOc1ccc(CNC(=O)CN2CCCCC2C(C)O)cc1. The van der Waals surface area contributed by atoms with Crippen molar-refractivity contribution in [3.05, 3.63) is 29.8 Å². The van der Waals surface area contributed by atoms with E-state index < -0.39 is 6.10 Å². The van der Waals surface area contributed by atoms with Crippen molar-refractivity contribution in [2.45, 2.75) is 58.2 Å². The van der Waals surface area contributed by atoms with Crippen LogP contribution in [0.1, 0.15) is 45.1 Å². The lowest BCUT2D eigenvalue weighted by Gasteiger charge is -2.36. The van der Waals surface area contributed by atoms with Crippen molar-refractivity contribution >= 4 is 5.91 Å². The van der Waals surface area contributed by atoms with Crippen LogP contribution in [0.15, 0.2) is 24.3 Å². The van der Waals surface area contributed by atoms with Crippen LogP contribution in [0.2, 0.25) is 0 Å². The normalized spacial score (nSPS) is 19.7. The predicted molar refractivity (Wildman–Crippen MR) is 95.0 cm³/mol. The molecule has 5 heteroatoms. The van der Waals surface area contributed by atoms with Crippen LogP contribution in [0.3, 0.4) is 0 Å². The zero-order valence-corrected chi connectivity index (χ0v) is 14.8. The average Bonchev–Trinajstić information content (AvgIpc) is 2.59. The number of nitrogens with one attached hydrogen (secondary N) is 1. The van der Waals surface area contributed by atoms with Gasteiger partial charge in [-0.05, 0) is 50.4 Å². The zero-order valence-electron chi connectivity index (χ0n) is 14.8. The highest BCUT2D eigenvalue weighted by Gasteiger charge is 2.27. The van der Waals surface area contributed by atoms with Crippen molar-refractivity contribution in [3.8, 4) is 5.75 Å². The number of carbonyl (C=O) groups excluding carboxylic acids is 1. The van der Waals surface area contributed by atoms with Gasteiger partial charge in [-0.15, -0.1) is 0 Å². The lowest BCUT2D eigenvalue weighted by molar-refractivity contribution is -0.124. The summed E-state index contributed by atoms with van der Waals surface area (Å²) in [7, 11) is 0. The van der Waals surface area contributed by atoms with Gasteiger partial charge < -0.3 is 15.2 Å². The third-order valence-electron chi connectivity index (χ3n) is 4.45. The fraction of sp³-hybridized carbons (Fsp3) is 0.632. The molecule has 1 aromatic rings. The van der Waals surface area contributed by atoms with Crippen molar-refractivity contribution in [2.24, 2.45) is 0 Å². The lowest BCUT2D eigenvalue weighted by Crippen LogP contribution is -2.49. The summed E-state index contributed by atoms with van der Waals surface area (Å²) in [5, 5.41) is 12.8. The van der Waals surface area contributed by atoms with E-state index in [1.54, 1.807) is 0 Å². The molecule has 0 bridgehead atoms. The number of likely N-dealkylation sites (tertiary alicyclic amines) is 1. The Bertz CT molecular complexity index is 502. The molecule has 2 N–H and O–H groups in total. The van der Waals surface area contributed by atoms with Gasteiger partial charge in [0.25, 0.3) is 0 Å². The minimum absolute atomic E-state index is 0.00820. The first-order valence-electron chi connectivity index (χ1n) is 9.00. The van der Waals surface area contributed by atoms with E-state index in [0.717, 1.165) is 50.1 Å². The highest BCUT2D eigenvalue weighted by atomic mass is 16.5. The van der Waals surface area contributed by atoms with Crippen LogP contribution in [-0.4, -0.2) is 47.8 Å². The maximum Gasteiger partial charge on any atom is 0.234 e. The third-order valence-corrected chi connectivity index (χ3v) is 4.45. The quantitative estimate of drug-likeness (QED) is 0.766. The van der Waals surface area contributed by atoms with Crippen molar-refractivity contribution < 1.29 is 14.6 Å². The molecular weight excluding hydrogens is 304 g/mol. The van der Waals surface area contributed by atoms with Crippen LogP contribution in [0.25, 0.3) is 0 Å². The number of benzene rings is 1. The average molecular weight is 334 g/mol. The number of hydrogen-bond donors (Lipinski definition) is 2. The number of hydrogen-bond acceptors (Lipinski definition) is 4. The third kappa shape index (κ3) is 5.80. The molecule has 1 amide bonds. The molecule has 1 heterocycles. The van der Waals surface area contributed by atoms with Crippen LogP contribution < -0.4 is 10.1 Å². The summed E-state index contributed by atoms with van der Waals surface area (Å²) in [6.07, 6.45) is 3.77. The van der Waals surface area contributed by atoms with Crippen LogP contribution in [0, 0.1) is 0 Å². The standard InChI is InChI=1S/C19H30N2O3/c1-3-12-24-17-9-7-16(8-10-17)13-20-19(23)14-21-11-5-4-6-18(21)15(2)22/h7-10,15,18,22H,3-6,11-14H2,1-2H3,(H,20,23). The molecule has 1 fully saturated rings. The van der Waals surface area contributed by atoms with Gasteiger partial charge in [-0.1, -0.05) is 25.5 Å². The molecule has 2 rings (SSSR count). The van der Waals surface area contributed by atoms with Crippen molar-refractivity contribution in [1.29, 1.82) is 0 Å². The highest BCUT2D eigenvalue weighted by molar-refractivity contribution is 5.78. The Labute approximate surface area is 145 Å². The van der Waals surface area contributed by atoms with Gasteiger partial charge in [0.15, 0.2) is 0 Å². The summed E-state index contributed by atoms with van der Waals surface area (Å²) in [6, 6.07) is 7.92. The number of rotatable bonds is 8. The first-order valence-corrected chi connectivity index (χ1v) is 9.00. The van der Waals surface area contributed by atoms with Crippen LogP contribution in [0.5, 0.6) is 5.75 Å². The van der Waals surface area contributed by atoms with Gasteiger partial charge in [-0.3, -0.25) is 9.69 Å². The van der Waals surface area contributed by atoms with E-state index in [0.29, 0.717) is 13.1 Å². The molecule has 0 aromatic heterocycles. The molecule has 0 aliphatic carbocycles. The van der Waals surface area contributed by atoms with Crippen molar-refractivity contribution in [2.75, 3.05) is 19.7 Å². The minimum Gasteiger partial charge on any atom is -0.494 e. The molecule has 2 unspecified atom stereocenters. The van der Waals surface area contributed by atoms with E-state index in [9.17, 15) is 9.90 Å². The van der Waals surface area contributed by atoms with Gasteiger partial charge in [0.05, 0.1) is 19.3 Å². The Balaban J connectivity index is 1.78. The van der Waals surface area contributed by atoms with E-state index in [-0.39, 0.29) is 11.9 Å².